The van der Waals surface area contributed by atoms with Gasteiger partial charge in [0.15, 0.2) is 23.0 Å². The number of benzene rings is 2. The van der Waals surface area contributed by atoms with E-state index in [2.05, 4.69) is 11.0 Å². The van der Waals surface area contributed by atoms with Gasteiger partial charge in [0.1, 0.15) is 0 Å². The van der Waals surface area contributed by atoms with Gasteiger partial charge >= 0.3 is 0 Å². The molecule has 216 valence electrons. The summed E-state index contributed by atoms with van der Waals surface area (Å²) in [6.45, 7) is 3.96. The smallest absolute Gasteiger partial charge is 0.227 e. The zero-order valence-electron chi connectivity index (χ0n) is 23.6. The van der Waals surface area contributed by atoms with Gasteiger partial charge in [-0.1, -0.05) is 25.0 Å². The molecule has 0 bridgehead atoms. The number of methoxy groups -OCH3 is 4. The normalized spacial score (nSPS) is 19.6. The quantitative estimate of drug-likeness (QED) is 0.402. The van der Waals surface area contributed by atoms with Crippen molar-refractivity contribution in [1.29, 1.82) is 0 Å². The van der Waals surface area contributed by atoms with Crippen molar-refractivity contribution < 1.29 is 28.5 Å². The largest absolute Gasteiger partial charge is 0.493 e. The number of halogens is 1. The van der Waals surface area contributed by atoms with Crippen LogP contribution in [0.15, 0.2) is 36.4 Å². The third-order valence-corrected chi connectivity index (χ3v) is 7.78. The summed E-state index contributed by atoms with van der Waals surface area (Å²) < 4.78 is 27.9. The van der Waals surface area contributed by atoms with Gasteiger partial charge < -0.3 is 28.6 Å². The average Bonchev–Trinajstić information content (AvgIpc) is 2.97. The monoisotopic (exact) mass is 562 g/mol. The highest BCUT2D eigenvalue weighted by Gasteiger charge is 2.33. The van der Waals surface area contributed by atoms with Gasteiger partial charge in [-0.2, -0.15) is 0 Å². The summed E-state index contributed by atoms with van der Waals surface area (Å²) in [4.78, 5) is 17.6. The lowest BCUT2D eigenvalue weighted by Crippen LogP contribution is -2.56. The zero-order chi connectivity index (χ0) is 26.9. The topological polar surface area (TPSA) is 69.7 Å². The molecule has 0 radical (unpaired) electrons. The molecule has 39 heavy (non-hydrogen) atoms. The number of amides is 1. The van der Waals surface area contributed by atoms with Crippen molar-refractivity contribution in [1.82, 2.24) is 9.80 Å². The first-order valence-electron chi connectivity index (χ1n) is 13.6. The van der Waals surface area contributed by atoms with Gasteiger partial charge in [-0.05, 0) is 54.7 Å². The molecular formula is C30H43ClN2O6. The number of ether oxygens (including phenoxy) is 5. The fraction of sp³-hybridized carbons (Fsp3) is 0.567. The Morgan fingerprint density at radius 1 is 0.769 bits per heavy atom. The summed E-state index contributed by atoms with van der Waals surface area (Å²) in [5.41, 5.74) is 2.11. The fourth-order valence-corrected chi connectivity index (χ4v) is 5.63. The number of piperazine rings is 1. The molecule has 8 nitrogen and oxygen atoms in total. The summed E-state index contributed by atoms with van der Waals surface area (Å²) in [7, 11) is 6.54. The lowest BCUT2D eigenvalue weighted by Gasteiger charge is -2.44. The fourth-order valence-electron chi connectivity index (χ4n) is 5.63. The third-order valence-electron chi connectivity index (χ3n) is 7.78. The first kappa shape index (κ1) is 30.9. The second-order valence-electron chi connectivity index (χ2n) is 9.98. The highest BCUT2D eigenvalue weighted by atomic mass is 35.5. The van der Waals surface area contributed by atoms with Crippen LogP contribution in [0, 0.1) is 0 Å². The van der Waals surface area contributed by atoms with E-state index >= 15 is 0 Å². The van der Waals surface area contributed by atoms with Crippen LogP contribution in [-0.4, -0.2) is 89.1 Å². The predicted molar refractivity (Wildman–Crippen MR) is 154 cm³/mol. The SMILES string of the molecule is COc1ccc(CCO[C@@H]2CCCC[C@H]2N2CCN(C(=O)Cc3ccc(OC)c(OC)c3)CC2)cc1OC.Cl. The van der Waals surface area contributed by atoms with Gasteiger partial charge in [-0.25, -0.2) is 0 Å². The number of hydrogen-bond donors (Lipinski definition) is 0. The molecule has 1 aliphatic heterocycles. The molecule has 4 rings (SSSR count). The molecule has 1 saturated carbocycles. The van der Waals surface area contributed by atoms with Crippen LogP contribution < -0.4 is 18.9 Å². The Bertz CT molecular complexity index is 1060. The van der Waals surface area contributed by atoms with Crippen LogP contribution in [0.2, 0.25) is 0 Å². The minimum absolute atomic E-state index is 0. The van der Waals surface area contributed by atoms with Crippen molar-refractivity contribution >= 4 is 18.3 Å². The molecule has 2 aromatic rings. The van der Waals surface area contributed by atoms with E-state index in [1.165, 1.54) is 18.4 Å². The predicted octanol–water partition coefficient (Wildman–Crippen LogP) is 4.40. The van der Waals surface area contributed by atoms with E-state index in [1.54, 1.807) is 28.4 Å². The third kappa shape index (κ3) is 7.93. The number of hydrogen-bond acceptors (Lipinski definition) is 7. The van der Waals surface area contributed by atoms with E-state index in [4.69, 9.17) is 23.7 Å². The van der Waals surface area contributed by atoms with Crippen LogP contribution in [0.1, 0.15) is 36.8 Å². The van der Waals surface area contributed by atoms with Crippen molar-refractivity contribution in [3.63, 3.8) is 0 Å². The van der Waals surface area contributed by atoms with Crippen LogP contribution in [0.25, 0.3) is 0 Å². The number of carbonyl (C=O) groups excluding carboxylic acids is 1. The highest BCUT2D eigenvalue weighted by Crippen LogP contribution is 2.30. The van der Waals surface area contributed by atoms with Crippen LogP contribution in [0.4, 0.5) is 0 Å². The average molecular weight is 563 g/mol. The van der Waals surface area contributed by atoms with Gasteiger partial charge in [0.05, 0.1) is 47.6 Å². The van der Waals surface area contributed by atoms with Crippen molar-refractivity contribution in [3.8, 4) is 23.0 Å². The molecule has 0 aromatic heterocycles. The van der Waals surface area contributed by atoms with Crippen molar-refractivity contribution in [2.24, 2.45) is 0 Å². The van der Waals surface area contributed by atoms with E-state index in [0.717, 1.165) is 62.5 Å². The molecule has 1 amide bonds. The molecule has 1 aliphatic carbocycles. The number of rotatable bonds is 11. The second kappa shape index (κ2) is 15.2. The van der Waals surface area contributed by atoms with Gasteiger partial charge in [0.25, 0.3) is 0 Å². The molecule has 2 aliphatic rings. The van der Waals surface area contributed by atoms with Gasteiger partial charge in [-0.15, -0.1) is 12.4 Å². The minimum atomic E-state index is 0. The van der Waals surface area contributed by atoms with E-state index in [0.29, 0.717) is 30.6 Å². The van der Waals surface area contributed by atoms with Gasteiger partial charge in [-0.3, -0.25) is 9.69 Å². The number of nitrogens with zero attached hydrogens (tertiary/aromatic N) is 2. The van der Waals surface area contributed by atoms with Gasteiger partial charge in [0, 0.05) is 32.2 Å². The van der Waals surface area contributed by atoms with Gasteiger partial charge in [0.2, 0.25) is 5.91 Å². The molecule has 1 saturated heterocycles. The Hall–Kier alpha value is -2.68. The lowest BCUT2D eigenvalue weighted by molar-refractivity contribution is -0.133. The van der Waals surface area contributed by atoms with Crippen molar-refractivity contribution in [3.05, 3.63) is 47.5 Å². The van der Waals surface area contributed by atoms with E-state index in [1.807, 2.05) is 35.2 Å². The van der Waals surface area contributed by atoms with Crippen LogP contribution in [-0.2, 0) is 22.4 Å². The summed E-state index contributed by atoms with van der Waals surface area (Å²) >= 11 is 0. The Labute approximate surface area is 238 Å². The highest BCUT2D eigenvalue weighted by molar-refractivity contribution is 5.85. The van der Waals surface area contributed by atoms with E-state index in [9.17, 15) is 4.79 Å². The molecular weight excluding hydrogens is 520 g/mol. The van der Waals surface area contributed by atoms with Crippen LogP contribution >= 0.6 is 12.4 Å². The molecule has 0 unspecified atom stereocenters. The summed E-state index contributed by atoms with van der Waals surface area (Å²) in [6, 6.07) is 12.1. The van der Waals surface area contributed by atoms with E-state index in [-0.39, 0.29) is 24.4 Å². The minimum Gasteiger partial charge on any atom is -0.493 e. The first-order chi connectivity index (χ1) is 18.6. The molecule has 0 spiro atoms. The Morgan fingerprint density at radius 2 is 1.33 bits per heavy atom. The Morgan fingerprint density at radius 3 is 1.95 bits per heavy atom. The molecule has 2 atom stereocenters. The lowest BCUT2D eigenvalue weighted by atomic mass is 9.90. The summed E-state index contributed by atoms with van der Waals surface area (Å²) in [5.74, 6) is 2.97. The molecule has 2 fully saturated rings. The number of carbonyl (C=O) groups is 1. The Kier molecular flexibility index (Phi) is 12.0. The zero-order valence-corrected chi connectivity index (χ0v) is 24.5. The summed E-state index contributed by atoms with van der Waals surface area (Å²) in [5, 5.41) is 0. The second-order valence-corrected chi connectivity index (χ2v) is 9.98. The van der Waals surface area contributed by atoms with Crippen LogP contribution in [0.3, 0.4) is 0 Å². The maximum atomic E-state index is 13.0. The Balaban J connectivity index is 0.00000420. The summed E-state index contributed by atoms with van der Waals surface area (Å²) in [6.07, 6.45) is 6.13. The maximum absolute atomic E-state index is 13.0. The maximum Gasteiger partial charge on any atom is 0.227 e. The van der Waals surface area contributed by atoms with Crippen LogP contribution in [0.5, 0.6) is 23.0 Å². The molecule has 0 N–H and O–H groups in total. The molecule has 9 heteroatoms. The standard InChI is InChI=1S/C30H42N2O6.ClH/c1-34-26-11-9-22(19-28(26)36-3)13-18-38-25-8-6-5-7-24(25)31-14-16-32(17-15-31)30(33)21-23-10-12-27(35-2)29(20-23)37-4;/h9-12,19-20,24-25H,5-8,13-18,21H2,1-4H3;1H/t24-,25-;/m1./s1. The van der Waals surface area contributed by atoms with Crippen molar-refractivity contribution in [2.75, 3.05) is 61.2 Å². The van der Waals surface area contributed by atoms with E-state index < -0.39 is 0 Å². The molecule has 2 aromatic carbocycles. The first-order valence-corrected chi connectivity index (χ1v) is 13.6. The van der Waals surface area contributed by atoms with Crippen molar-refractivity contribution in [2.45, 2.75) is 50.7 Å². The molecule has 1 heterocycles.